The zero-order valence-electron chi connectivity index (χ0n) is 14.3. The van der Waals surface area contributed by atoms with Gasteiger partial charge >= 0.3 is 5.63 Å². The third-order valence-electron chi connectivity index (χ3n) is 4.55. The van der Waals surface area contributed by atoms with Crippen LogP contribution < -0.4 is 10.4 Å². The van der Waals surface area contributed by atoms with E-state index < -0.39 is 5.63 Å². The number of benzene rings is 1. The molecule has 24 heavy (non-hydrogen) atoms. The summed E-state index contributed by atoms with van der Waals surface area (Å²) in [6.45, 7) is 6.87. The van der Waals surface area contributed by atoms with E-state index in [0.29, 0.717) is 23.5 Å². The molecule has 1 fully saturated rings. The summed E-state index contributed by atoms with van der Waals surface area (Å²) in [6.07, 6.45) is 3.77. The molecular weight excluding hydrogens is 306 g/mol. The summed E-state index contributed by atoms with van der Waals surface area (Å²) in [5.41, 5.74) is 1.02. The van der Waals surface area contributed by atoms with E-state index >= 15 is 0 Å². The number of fused-ring (bicyclic) bond motifs is 1. The molecule has 3 rings (SSSR count). The van der Waals surface area contributed by atoms with Crippen LogP contribution in [0.1, 0.15) is 42.1 Å². The Balaban J connectivity index is 1.85. The van der Waals surface area contributed by atoms with Crippen LogP contribution in [0.15, 0.2) is 27.4 Å². The summed E-state index contributed by atoms with van der Waals surface area (Å²) in [5.74, 6) is 0.322. The van der Waals surface area contributed by atoms with Crippen molar-refractivity contribution in [2.75, 3.05) is 26.2 Å². The van der Waals surface area contributed by atoms with E-state index in [0.717, 1.165) is 30.6 Å². The van der Waals surface area contributed by atoms with Crippen LogP contribution in [0, 0.1) is 6.92 Å². The fourth-order valence-corrected chi connectivity index (χ4v) is 3.29. The molecule has 1 saturated heterocycles. The lowest BCUT2D eigenvalue weighted by Gasteiger charge is -2.26. The number of rotatable bonds is 5. The van der Waals surface area contributed by atoms with Crippen molar-refractivity contribution < 1.29 is 13.9 Å². The van der Waals surface area contributed by atoms with Gasteiger partial charge in [-0.05, 0) is 57.5 Å². The predicted molar refractivity (Wildman–Crippen MR) is 93.0 cm³/mol. The number of Topliss-reactive ketones (excluding diaryl/α,β-unsaturated/α-hetero) is 1. The fraction of sp³-hybridized carbons (Fsp3) is 0.474. The number of ether oxygens (including phenoxy) is 1. The summed E-state index contributed by atoms with van der Waals surface area (Å²) in [4.78, 5) is 26.2. The third kappa shape index (κ3) is 3.51. The molecule has 1 aliphatic heterocycles. The van der Waals surface area contributed by atoms with E-state index in [4.69, 9.17) is 9.15 Å². The van der Waals surface area contributed by atoms with Crippen molar-refractivity contribution in [3.63, 3.8) is 0 Å². The van der Waals surface area contributed by atoms with Crippen LogP contribution in [-0.2, 0) is 0 Å². The molecule has 0 N–H and O–H groups in total. The molecule has 5 nitrogen and oxygen atoms in total. The molecule has 0 spiro atoms. The minimum atomic E-state index is -0.451. The maximum absolute atomic E-state index is 12.1. The number of piperidine rings is 1. The number of likely N-dealkylation sites (tertiary alicyclic amines) is 1. The smallest absolute Gasteiger partial charge is 0.336 e. The number of hydrogen-bond acceptors (Lipinski definition) is 5. The molecular formula is C19H23NO4. The molecule has 1 aliphatic rings. The van der Waals surface area contributed by atoms with Crippen molar-refractivity contribution in [2.45, 2.75) is 33.1 Å². The van der Waals surface area contributed by atoms with Gasteiger partial charge in [-0.3, -0.25) is 9.69 Å². The van der Waals surface area contributed by atoms with Gasteiger partial charge < -0.3 is 9.15 Å². The molecule has 0 radical (unpaired) electrons. The lowest BCUT2D eigenvalue weighted by Crippen LogP contribution is -2.33. The minimum absolute atomic E-state index is 0.165. The van der Waals surface area contributed by atoms with Crippen LogP contribution in [0.5, 0.6) is 5.75 Å². The number of carbonyl (C=O) groups is 1. The van der Waals surface area contributed by atoms with Crippen LogP contribution in [-0.4, -0.2) is 36.9 Å². The molecule has 0 bridgehead atoms. The van der Waals surface area contributed by atoms with Crippen LogP contribution in [0.3, 0.4) is 0 Å². The Bertz CT molecular complexity index is 803. The zero-order chi connectivity index (χ0) is 17.1. The van der Waals surface area contributed by atoms with Gasteiger partial charge in [0.25, 0.3) is 0 Å². The van der Waals surface area contributed by atoms with Crippen molar-refractivity contribution in [3.8, 4) is 5.75 Å². The molecule has 0 aliphatic carbocycles. The van der Waals surface area contributed by atoms with E-state index in [1.54, 1.807) is 6.07 Å². The topological polar surface area (TPSA) is 59.8 Å². The van der Waals surface area contributed by atoms with Gasteiger partial charge in [0.1, 0.15) is 17.9 Å². The first-order chi connectivity index (χ1) is 11.6. The van der Waals surface area contributed by atoms with Crippen molar-refractivity contribution in [3.05, 3.63) is 39.7 Å². The fourth-order valence-electron chi connectivity index (χ4n) is 3.29. The molecule has 0 unspecified atom stereocenters. The molecule has 0 atom stereocenters. The number of aryl methyl sites for hydroxylation is 1. The van der Waals surface area contributed by atoms with E-state index in [1.165, 1.54) is 32.3 Å². The predicted octanol–water partition coefficient (Wildman–Crippen LogP) is 3.17. The maximum Gasteiger partial charge on any atom is 0.336 e. The zero-order valence-corrected chi connectivity index (χ0v) is 14.3. The van der Waals surface area contributed by atoms with Gasteiger partial charge in [-0.25, -0.2) is 4.79 Å². The molecule has 1 aromatic carbocycles. The van der Waals surface area contributed by atoms with Crippen molar-refractivity contribution in [1.82, 2.24) is 4.90 Å². The normalized spacial score (nSPS) is 15.6. The third-order valence-corrected chi connectivity index (χ3v) is 4.55. The minimum Gasteiger partial charge on any atom is -0.491 e. The van der Waals surface area contributed by atoms with Gasteiger partial charge in [-0.15, -0.1) is 0 Å². The standard InChI is InChI=1S/C19H23NO4/c1-13-12-17(22)24-19-15(13)6-7-16(18(19)14(2)21)23-11-10-20-8-4-3-5-9-20/h6-7,12H,3-5,8-11H2,1-2H3. The first kappa shape index (κ1) is 16.7. The summed E-state index contributed by atoms with van der Waals surface area (Å²) in [6, 6.07) is 5.07. The van der Waals surface area contributed by atoms with E-state index in [-0.39, 0.29) is 5.78 Å². The number of hydrogen-bond donors (Lipinski definition) is 0. The Morgan fingerprint density at radius 2 is 2.00 bits per heavy atom. The number of carbonyl (C=O) groups excluding carboxylic acids is 1. The Morgan fingerprint density at radius 1 is 1.25 bits per heavy atom. The first-order valence-electron chi connectivity index (χ1n) is 8.50. The Kier molecular flexibility index (Phi) is 5.00. The second-order valence-corrected chi connectivity index (χ2v) is 6.37. The van der Waals surface area contributed by atoms with Gasteiger partial charge in [-0.2, -0.15) is 0 Å². The highest BCUT2D eigenvalue weighted by atomic mass is 16.5. The van der Waals surface area contributed by atoms with Crippen LogP contribution in [0.4, 0.5) is 0 Å². The lowest BCUT2D eigenvalue weighted by molar-refractivity contribution is 0.101. The Labute approximate surface area is 141 Å². The van der Waals surface area contributed by atoms with Crippen molar-refractivity contribution in [2.24, 2.45) is 0 Å². The summed E-state index contributed by atoms with van der Waals surface area (Å²) in [5, 5.41) is 0.767. The molecule has 2 aromatic rings. The van der Waals surface area contributed by atoms with E-state index in [1.807, 2.05) is 13.0 Å². The summed E-state index contributed by atoms with van der Waals surface area (Å²) >= 11 is 0. The van der Waals surface area contributed by atoms with Crippen LogP contribution in [0.25, 0.3) is 11.0 Å². The monoisotopic (exact) mass is 329 g/mol. The van der Waals surface area contributed by atoms with E-state index in [2.05, 4.69) is 4.90 Å². The molecule has 2 heterocycles. The molecule has 5 heteroatoms. The largest absolute Gasteiger partial charge is 0.491 e. The molecule has 0 saturated carbocycles. The molecule has 128 valence electrons. The summed E-state index contributed by atoms with van der Waals surface area (Å²) in [7, 11) is 0. The highest BCUT2D eigenvalue weighted by molar-refractivity contribution is 6.07. The quantitative estimate of drug-likeness (QED) is 0.623. The van der Waals surface area contributed by atoms with Crippen molar-refractivity contribution >= 4 is 16.8 Å². The number of nitrogens with zero attached hydrogens (tertiary/aromatic N) is 1. The second kappa shape index (κ2) is 7.18. The first-order valence-corrected chi connectivity index (χ1v) is 8.50. The number of ketones is 1. The highest BCUT2D eigenvalue weighted by Gasteiger charge is 2.18. The Hall–Kier alpha value is -2.14. The van der Waals surface area contributed by atoms with Gasteiger partial charge in [0.05, 0.1) is 0 Å². The highest BCUT2D eigenvalue weighted by Crippen LogP contribution is 2.29. The summed E-state index contributed by atoms with van der Waals surface area (Å²) < 4.78 is 11.2. The van der Waals surface area contributed by atoms with E-state index in [9.17, 15) is 9.59 Å². The van der Waals surface area contributed by atoms with Gasteiger partial charge in [0, 0.05) is 18.0 Å². The Morgan fingerprint density at radius 3 is 2.71 bits per heavy atom. The SMILES string of the molecule is CC(=O)c1c(OCCN2CCCCC2)ccc2c(C)cc(=O)oc12. The average molecular weight is 329 g/mol. The molecule has 1 aromatic heterocycles. The van der Waals surface area contributed by atoms with Crippen LogP contribution in [0.2, 0.25) is 0 Å². The average Bonchev–Trinajstić information content (AvgIpc) is 2.55. The second-order valence-electron chi connectivity index (χ2n) is 6.37. The van der Waals surface area contributed by atoms with Gasteiger partial charge in [0.15, 0.2) is 11.4 Å². The van der Waals surface area contributed by atoms with Gasteiger partial charge in [0.2, 0.25) is 0 Å². The van der Waals surface area contributed by atoms with Gasteiger partial charge in [-0.1, -0.05) is 6.42 Å². The van der Waals surface area contributed by atoms with Crippen molar-refractivity contribution in [1.29, 1.82) is 0 Å². The molecule has 0 amide bonds. The van der Waals surface area contributed by atoms with Crippen LogP contribution >= 0.6 is 0 Å². The lowest BCUT2D eigenvalue weighted by atomic mass is 10.0. The maximum atomic E-state index is 12.1.